The van der Waals surface area contributed by atoms with Crippen molar-refractivity contribution >= 4 is 16.5 Å². The van der Waals surface area contributed by atoms with Gasteiger partial charge in [-0.2, -0.15) is 0 Å². The van der Waals surface area contributed by atoms with Gasteiger partial charge in [-0.05, 0) is 38.3 Å². The first kappa shape index (κ1) is 13.0. The predicted octanol–water partition coefficient (Wildman–Crippen LogP) is 3.89. The number of rotatable bonds is 4. The van der Waals surface area contributed by atoms with Crippen LogP contribution in [0.25, 0.3) is 0 Å². The minimum atomic E-state index is 0.253. The molecule has 0 saturated carbocycles. The smallest absolute Gasteiger partial charge is 0.206 e. The van der Waals surface area contributed by atoms with E-state index in [1.165, 1.54) is 16.7 Å². The van der Waals surface area contributed by atoms with Gasteiger partial charge in [0, 0.05) is 0 Å². The van der Waals surface area contributed by atoms with Crippen LogP contribution in [-0.2, 0) is 6.42 Å². The number of nitrogens with zero attached hydrogens (tertiary/aromatic N) is 2. The van der Waals surface area contributed by atoms with Gasteiger partial charge in [-0.3, -0.25) is 0 Å². The standard InChI is InChI=1S/C14H19N3S/c1-5-13-16-17-14(18-13)15-11(4)12-7-6-9(2)8-10(12)3/h6-8,11H,5H2,1-4H3,(H,15,17). The summed E-state index contributed by atoms with van der Waals surface area (Å²) in [6.07, 6.45) is 0.942. The number of benzene rings is 1. The lowest BCUT2D eigenvalue weighted by Gasteiger charge is -2.16. The highest BCUT2D eigenvalue weighted by atomic mass is 32.1. The zero-order chi connectivity index (χ0) is 13.1. The van der Waals surface area contributed by atoms with E-state index in [4.69, 9.17) is 0 Å². The van der Waals surface area contributed by atoms with Gasteiger partial charge in [0.1, 0.15) is 5.01 Å². The Morgan fingerprint density at radius 1 is 1.28 bits per heavy atom. The Labute approximate surface area is 112 Å². The van der Waals surface area contributed by atoms with Gasteiger partial charge in [-0.25, -0.2) is 0 Å². The fourth-order valence-electron chi connectivity index (χ4n) is 2.03. The molecule has 1 atom stereocenters. The summed E-state index contributed by atoms with van der Waals surface area (Å²) < 4.78 is 0. The van der Waals surface area contributed by atoms with Gasteiger partial charge >= 0.3 is 0 Å². The summed E-state index contributed by atoms with van der Waals surface area (Å²) in [5.41, 5.74) is 3.93. The van der Waals surface area contributed by atoms with Crippen molar-refractivity contribution in [3.05, 3.63) is 39.9 Å². The third kappa shape index (κ3) is 2.88. The van der Waals surface area contributed by atoms with E-state index < -0.39 is 0 Å². The topological polar surface area (TPSA) is 37.8 Å². The average molecular weight is 261 g/mol. The summed E-state index contributed by atoms with van der Waals surface area (Å²) in [5, 5.41) is 13.7. The van der Waals surface area contributed by atoms with Crippen molar-refractivity contribution in [3.63, 3.8) is 0 Å². The van der Waals surface area contributed by atoms with Crippen molar-refractivity contribution in [2.45, 2.75) is 40.2 Å². The maximum atomic E-state index is 4.16. The fraction of sp³-hybridized carbons (Fsp3) is 0.429. The molecule has 1 unspecified atom stereocenters. The lowest BCUT2D eigenvalue weighted by Crippen LogP contribution is -2.08. The van der Waals surface area contributed by atoms with Gasteiger partial charge in [0.05, 0.1) is 6.04 Å². The molecule has 1 aromatic heterocycles. The first-order valence-electron chi connectivity index (χ1n) is 6.26. The molecule has 0 aliphatic rings. The molecule has 4 heteroatoms. The monoisotopic (exact) mass is 261 g/mol. The van der Waals surface area contributed by atoms with E-state index in [0.717, 1.165) is 16.6 Å². The van der Waals surface area contributed by atoms with Crippen LogP contribution in [0.5, 0.6) is 0 Å². The first-order valence-corrected chi connectivity index (χ1v) is 7.08. The Morgan fingerprint density at radius 3 is 2.67 bits per heavy atom. The SMILES string of the molecule is CCc1nnc(NC(C)c2ccc(C)cc2C)s1. The summed E-state index contributed by atoms with van der Waals surface area (Å²) in [7, 11) is 0. The van der Waals surface area contributed by atoms with Gasteiger partial charge in [0.15, 0.2) is 0 Å². The van der Waals surface area contributed by atoms with Gasteiger partial charge in [0.2, 0.25) is 5.13 Å². The van der Waals surface area contributed by atoms with Crippen LogP contribution in [0.15, 0.2) is 18.2 Å². The van der Waals surface area contributed by atoms with E-state index in [-0.39, 0.29) is 6.04 Å². The summed E-state index contributed by atoms with van der Waals surface area (Å²) in [5.74, 6) is 0. The summed E-state index contributed by atoms with van der Waals surface area (Å²) in [6, 6.07) is 6.80. The van der Waals surface area contributed by atoms with E-state index >= 15 is 0 Å². The average Bonchev–Trinajstić information content (AvgIpc) is 2.76. The lowest BCUT2D eigenvalue weighted by atomic mass is 10.0. The molecule has 18 heavy (non-hydrogen) atoms. The van der Waals surface area contributed by atoms with Gasteiger partial charge in [-0.15, -0.1) is 10.2 Å². The molecule has 0 radical (unpaired) electrons. The van der Waals surface area contributed by atoms with Crippen LogP contribution in [0, 0.1) is 13.8 Å². The van der Waals surface area contributed by atoms with Crippen LogP contribution >= 0.6 is 11.3 Å². The molecule has 2 rings (SSSR count). The van der Waals surface area contributed by atoms with Crippen molar-refractivity contribution in [1.82, 2.24) is 10.2 Å². The van der Waals surface area contributed by atoms with Crippen LogP contribution in [0.4, 0.5) is 5.13 Å². The van der Waals surface area contributed by atoms with Crippen molar-refractivity contribution < 1.29 is 0 Å². The highest BCUT2D eigenvalue weighted by molar-refractivity contribution is 7.15. The third-order valence-corrected chi connectivity index (χ3v) is 4.00. The Kier molecular flexibility index (Phi) is 3.97. The zero-order valence-electron chi connectivity index (χ0n) is 11.3. The van der Waals surface area contributed by atoms with Crippen LogP contribution in [0.2, 0.25) is 0 Å². The number of nitrogens with one attached hydrogen (secondary N) is 1. The number of hydrogen-bond donors (Lipinski definition) is 1. The molecule has 1 aromatic carbocycles. The minimum absolute atomic E-state index is 0.253. The largest absolute Gasteiger partial charge is 0.354 e. The van der Waals surface area contributed by atoms with Crippen molar-refractivity contribution in [1.29, 1.82) is 0 Å². The van der Waals surface area contributed by atoms with Crippen molar-refractivity contribution in [2.24, 2.45) is 0 Å². The first-order chi connectivity index (χ1) is 8.60. The van der Waals surface area contributed by atoms with E-state index in [1.54, 1.807) is 11.3 Å². The summed E-state index contributed by atoms with van der Waals surface area (Å²) in [4.78, 5) is 0. The molecule has 96 valence electrons. The number of hydrogen-bond acceptors (Lipinski definition) is 4. The van der Waals surface area contributed by atoms with E-state index in [0.29, 0.717) is 0 Å². The van der Waals surface area contributed by atoms with Crippen LogP contribution in [0.1, 0.15) is 41.6 Å². The Bertz CT molecular complexity index is 534. The van der Waals surface area contributed by atoms with Gasteiger partial charge in [0.25, 0.3) is 0 Å². The normalized spacial score (nSPS) is 12.4. The molecule has 0 aliphatic heterocycles. The quantitative estimate of drug-likeness (QED) is 0.907. The van der Waals surface area contributed by atoms with E-state index in [2.05, 4.69) is 61.4 Å². The number of anilines is 1. The molecule has 0 amide bonds. The van der Waals surface area contributed by atoms with Gasteiger partial charge < -0.3 is 5.32 Å². The molecule has 2 aromatic rings. The van der Waals surface area contributed by atoms with E-state index in [9.17, 15) is 0 Å². The molecule has 0 spiro atoms. The minimum Gasteiger partial charge on any atom is -0.354 e. The highest BCUT2D eigenvalue weighted by Gasteiger charge is 2.10. The van der Waals surface area contributed by atoms with Crippen LogP contribution in [-0.4, -0.2) is 10.2 Å². The Balaban J connectivity index is 2.13. The molecule has 1 N–H and O–H groups in total. The fourth-order valence-corrected chi connectivity index (χ4v) is 2.80. The summed E-state index contributed by atoms with van der Waals surface area (Å²) >= 11 is 1.63. The highest BCUT2D eigenvalue weighted by Crippen LogP contribution is 2.24. The van der Waals surface area contributed by atoms with Crippen LogP contribution < -0.4 is 5.32 Å². The lowest BCUT2D eigenvalue weighted by molar-refractivity contribution is 0.860. The maximum Gasteiger partial charge on any atom is 0.206 e. The number of aromatic nitrogens is 2. The second kappa shape index (κ2) is 5.48. The zero-order valence-corrected chi connectivity index (χ0v) is 12.1. The molecular weight excluding hydrogens is 242 g/mol. The Morgan fingerprint density at radius 2 is 2.06 bits per heavy atom. The van der Waals surface area contributed by atoms with Gasteiger partial charge in [-0.1, -0.05) is 42.0 Å². The van der Waals surface area contributed by atoms with E-state index in [1.807, 2.05) is 0 Å². The molecule has 0 aliphatic carbocycles. The molecule has 3 nitrogen and oxygen atoms in total. The molecule has 1 heterocycles. The molecule has 0 bridgehead atoms. The maximum absolute atomic E-state index is 4.16. The van der Waals surface area contributed by atoms with Crippen LogP contribution in [0.3, 0.4) is 0 Å². The predicted molar refractivity (Wildman–Crippen MR) is 77.2 cm³/mol. The second-order valence-electron chi connectivity index (χ2n) is 4.58. The molecule has 0 saturated heterocycles. The molecular formula is C14H19N3S. The van der Waals surface area contributed by atoms with Crippen molar-refractivity contribution in [2.75, 3.05) is 5.32 Å². The molecule has 0 fully saturated rings. The number of aryl methyl sites for hydroxylation is 3. The second-order valence-corrected chi connectivity index (χ2v) is 5.64. The third-order valence-electron chi connectivity index (χ3n) is 3.00. The summed E-state index contributed by atoms with van der Waals surface area (Å²) in [6.45, 7) is 8.52. The van der Waals surface area contributed by atoms with Crippen molar-refractivity contribution in [3.8, 4) is 0 Å². The Hall–Kier alpha value is -1.42.